The van der Waals surface area contributed by atoms with Gasteiger partial charge >= 0.3 is 0 Å². The van der Waals surface area contributed by atoms with Crippen LogP contribution in [-0.4, -0.2) is 23.7 Å². The highest BCUT2D eigenvalue weighted by Crippen LogP contribution is 2.28. The Morgan fingerprint density at radius 2 is 2.32 bits per heavy atom. The molecule has 2 heterocycles. The number of benzene rings is 1. The molecule has 0 aliphatic carbocycles. The summed E-state index contributed by atoms with van der Waals surface area (Å²) in [5.41, 5.74) is 8.69. The number of ether oxygens (including phenoxy) is 1. The van der Waals surface area contributed by atoms with Gasteiger partial charge in [0, 0.05) is 29.9 Å². The first-order valence-electron chi connectivity index (χ1n) is 6.77. The Morgan fingerprint density at radius 1 is 1.42 bits per heavy atom. The molecule has 1 aromatic heterocycles. The molecule has 4 heteroatoms. The van der Waals surface area contributed by atoms with Crippen molar-refractivity contribution in [2.45, 2.75) is 31.9 Å². The van der Waals surface area contributed by atoms with E-state index in [1.165, 1.54) is 0 Å². The maximum Gasteiger partial charge on any atom is 0.0953 e. The van der Waals surface area contributed by atoms with E-state index in [0.717, 1.165) is 41.7 Å². The van der Waals surface area contributed by atoms with Gasteiger partial charge in [0.05, 0.1) is 17.3 Å². The maximum atomic E-state index is 5.99. The van der Waals surface area contributed by atoms with Crippen LogP contribution in [0, 0.1) is 0 Å². The Hall–Kier alpha value is -1.81. The quantitative estimate of drug-likeness (QED) is 0.830. The highest BCUT2D eigenvalue weighted by Gasteiger charge is 2.22. The van der Waals surface area contributed by atoms with E-state index in [4.69, 9.17) is 10.5 Å². The minimum Gasteiger partial charge on any atom is -0.398 e. The van der Waals surface area contributed by atoms with Gasteiger partial charge in [0.2, 0.25) is 0 Å². The zero-order chi connectivity index (χ0) is 13.2. The zero-order valence-corrected chi connectivity index (χ0v) is 11.1. The Kier molecular flexibility index (Phi) is 3.25. The molecule has 1 aliphatic rings. The van der Waals surface area contributed by atoms with Crippen LogP contribution in [0.25, 0.3) is 10.9 Å². The van der Waals surface area contributed by atoms with Crippen molar-refractivity contribution in [3.8, 4) is 0 Å². The van der Waals surface area contributed by atoms with Gasteiger partial charge in [0.25, 0.3) is 0 Å². The summed E-state index contributed by atoms with van der Waals surface area (Å²) in [4.78, 5) is 4.44. The molecule has 2 atom stereocenters. The Balaban J connectivity index is 1.90. The average molecular weight is 257 g/mol. The van der Waals surface area contributed by atoms with E-state index in [-0.39, 0.29) is 12.1 Å². The second-order valence-electron chi connectivity index (χ2n) is 5.09. The van der Waals surface area contributed by atoms with Gasteiger partial charge < -0.3 is 15.8 Å². The van der Waals surface area contributed by atoms with Gasteiger partial charge in [-0.1, -0.05) is 0 Å². The second-order valence-corrected chi connectivity index (χ2v) is 5.09. The molecule has 3 N–H and O–H groups in total. The molecule has 19 heavy (non-hydrogen) atoms. The fraction of sp³-hybridized carbons (Fsp3) is 0.400. The van der Waals surface area contributed by atoms with Crippen molar-refractivity contribution in [2.75, 3.05) is 17.7 Å². The van der Waals surface area contributed by atoms with Crippen LogP contribution < -0.4 is 11.1 Å². The third-order valence-corrected chi connectivity index (χ3v) is 3.71. The molecular weight excluding hydrogens is 238 g/mol. The number of nitrogens with zero attached hydrogens (tertiary/aromatic N) is 1. The summed E-state index contributed by atoms with van der Waals surface area (Å²) in [5.74, 6) is 0. The lowest BCUT2D eigenvalue weighted by molar-refractivity contribution is 0.0997. The van der Waals surface area contributed by atoms with E-state index in [2.05, 4.69) is 17.2 Å². The molecule has 2 unspecified atom stereocenters. The van der Waals surface area contributed by atoms with Gasteiger partial charge in [-0.25, -0.2) is 0 Å². The first-order valence-corrected chi connectivity index (χ1v) is 6.77. The number of aromatic nitrogens is 1. The number of pyridine rings is 1. The Morgan fingerprint density at radius 3 is 3.11 bits per heavy atom. The van der Waals surface area contributed by atoms with Crippen LogP contribution >= 0.6 is 0 Å². The minimum absolute atomic E-state index is 0.274. The molecule has 2 aromatic rings. The van der Waals surface area contributed by atoms with E-state index in [1.807, 2.05) is 24.3 Å². The van der Waals surface area contributed by atoms with Crippen molar-refractivity contribution in [1.29, 1.82) is 0 Å². The van der Waals surface area contributed by atoms with Gasteiger partial charge in [-0.3, -0.25) is 4.98 Å². The number of hydrogen-bond donors (Lipinski definition) is 2. The molecule has 0 bridgehead atoms. The molecule has 3 rings (SSSR count). The summed E-state index contributed by atoms with van der Waals surface area (Å²) in [7, 11) is 0. The smallest absolute Gasteiger partial charge is 0.0953 e. The molecule has 0 saturated carbocycles. The fourth-order valence-electron chi connectivity index (χ4n) is 2.65. The molecular formula is C15H19N3O. The lowest BCUT2D eigenvalue weighted by atomic mass is 10.1. The third-order valence-electron chi connectivity index (χ3n) is 3.71. The van der Waals surface area contributed by atoms with Gasteiger partial charge in [-0.05, 0) is 44.0 Å². The molecule has 0 spiro atoms. The van der Waals surface area contributed by atoms with Crippen LogP contribution in [0.5, 0.6) is 0 Å². The highest BCUT2D eigenvalue weighted by molar-refractivity contribution is 5.98. The molecule has 1 aromatic carbocycles. The molecule has 1 fully saturated rings. The number of nitrogens with two attached hydrogens (primary N) is 1. The zero-order valence-electron chi connectivity index (χ0n) is 11.1. The lowest BCUT2D eigenvalue weighted by Gasteiger charge is -2.22. The van der Waals surface area contributed by atoms with E-state index < -0.39 is 0 Å². The number of fused-ring (bicyclic) bond motifs is 1. The predicted octanol–water partition coefficient (Wildman–Crippen LogP) is 2.80. The van der Waals surface area contributed by atoms with Gasteiger partial charge in [-0.2, -0.15) is 0 Å². The fourth-order valence-corrected chi connectivity index (χ4v) is 2.65. The van der Waals surface area contributed by atoms with Gasteiger partial charge in [0.1, 0.15) is 0 Å². The average Bonchev–Trinajstić information content (AvgIpc) is 2.96. The first kappa shape index (κ1) is 12.2. The molecule has 1 saturated heterocycles. The highest BCUT2D eigenvalue weighted by atomic mass is 16.5. The van der Waals surface area contributed by atoms with E-state index in [9.17, 15) is 0 Å². The number of nitrogen functional groups attached to an aromatic ring is 1. The molecule has 100 valence electrons. The predicted molar refractivity (Wildman–Crippen MR) is 78.2 cm³/mol. The Bertz CT molecular complexity index is 579. The molecule has 0 radical (unpaired) electrons. The van der Waals surface area contributed by atoms with Crippen molar-refractivity contribution in [2.24, 2.45) is 0 Å². The second kappa shape index (κ2) is 5.05. The van der Waals surface area contributed by atoms with E-state index >= 15 is 0 Å². The first-order chi connectivity index (χ1) is 9.25. The summed E-state index contributed by atoms with van der Waals surface area (Å²) in [6.07, 6.45) is 4.35. The van der Waals surface area contributed by atoms with Gasteiger partial charge in [-0.15, -0.1) is 0 Å². The monoisotopic (exact) mass is 257 g/mol. The van der Waals surface area contributed by atoms with Crippen molar-refractivity contribution in [1.82, 2.24) is 4.98 Å². The summed E-state index contributed by atoms with van der Waals surface area (Å²) < 4.78 is 5.72. The van der Waals surface area contributed by atoms with Crippen molar-refractivity contribution in [3.63, 3.8) is 0 Å². The Labute approximate surface area is 113 Å². The number of rotatable bonds is 3. The van der Waals surface area contributed by atoms with Gasteiger partial charge in [0.15, 0.2) is 0 Å². The minimum atomic E-state index is 0.274. The summed E-state index contributed by atoms with van der Waals surface area (Å²) >= 11 is 0. The van der Waals surface area contributed by atoms with E-state index in [0.29, 0.717) is 0 Å². The molecule has 1 aliphatic heterocycles. The number of nitrogens with one attached hydrogen (secondary N) is 1. The van der Waals surface area contributed by atoms with Crippen LogP contribution in [-0.2, 0) is 4.74 Å². The number of anilines is 2. The van der Waals surface area contributed by atoms with Crippen LogP contribution in [0.4, 0.5) is 11.4 Å². The topological polar surface area (TPSA) is 60.2 Å². The third kappa shape index (κ3) is 2.36. The lowest BCUT2D eigenvalue weighted by Crippen LogP contribution is -2.30. The summed E-state index contributed by atoms with van der Waals surface area (Å²) in [6, 6.07) is 8.10. The van der Waals surface area contributed by atoms with E-state index in [1.54, 1.807) is 6.20 Å². The van der Waals surface area contributed by atoms with Crippen LogP contribution in [0.3, 0.4) is 0 Å². The van der Waals surface area contributed by atoms with Crippen LogP contribution in [0.15, 0.2) is 30.5 Å². The van der Waals surface area contributed by atoms with Crippen molar-refractivity contribution >= 4 is 22.3 Å². The summed E-state index contributed by atoms with van der Waals surface area (Å²) in [5, 5.41) is 4.50. The van der Waals surface area contributed by atoms with Crippen LogP contribution in [0.2, 0.25) is 0 Å². The standard InChI is InChI=1S/C15H19N3O/c1-10(14-5-3-9-19-14)18-13-7-6-12(16)11-4-2-8-17-15(11)13/h2,4,6-8,10,14,18H,3,5,9,16H2,1H3. The number of hydrogen-bond acceptors (Lipinski definition) is 4. The maximum absolute atomic E-state index is 5.99. The molecule has 0 amide bonds. The normalized spacial score (nSPS) is 20.6. The van der Waals surface area contributed by atoms with Crippen molar-refractivity contribution in [3.05, 3.63) is 30.5 Å². The van der Waals surface area contributed by atoms with Crippen LogP contribution in [0.1, 0.15) is 19.8 Å². The molecule has 4 nitrogen and oxygen atoms in total. The SMILES string of the molecule is CC(Nc1ccc(N)c2cccnc12)C1CCCO1. The largest absolute Gasteiger partial charge is 0.398 e. The van der Waals surface area contributed by atoms with Crippen molar-refractivity contribution < 1.29 is 4.74 Å². The summed E-state index contributed by atoms with van der Waals surface area (Å²) in [6.45, 7) is 3.03.